The molecule has 70 valence electrons. The Morgan fingerprint density at radius 3 is 2.36 bits per heavy atom. The average molecular weight is 160 g/mol. The number of rotatable bonds is 0. The van der Waals surface area contributed by atoms with Crippen LogP contribution in [0.25, 0.3) is 0 Å². The first kappa shape index (κ1) is 13.5. The molecule has 0 N–H and O–H groups in total. The van der Waals surface area contributed by atoms with Crippen molar-refractivity contribution in [2.24, 2.45) is 0 Å². The van der Waals surface area contributed by atoms with Crippen LogP contribution in [0.1, 0.15) is 53.9 Å². The van der Waals surface area contributed by atoms with Crippen LogP contribution in [0.3, 0.4) is 0 Å². The van der Waals surface area contributed by atoms with E-state index in [4.69, 9.17) is 4.74 Å². The van der Waals surface area contributed by atoms with Gasteiger partial charge in [-0.05, 0) is 19.8 Å². The molecule has 0 bridgehead atoms. The Morgan fingerprint density at radius 2 is 1.73 bits per heavy atom. The maximum absolute atomic E-state index is 5.40. The van der Waals surface area contributed by atoms with E-state index in [0.29, 0.717) is 6.10 Å². The first-order chi connectivity index (χ1) is 4.89. The van der Waals surface area contributed by atoms with E-state index in [1.165, 1.54) is 25.7 Å². The van der Waals surface area contributed by atoms with Crippen molar-refractivity contribution in [3.63, 3.8) is 0 Å². The van der Waals surface area contributed by atoms with Crippen molar-refractivity contribution in [3.8, 4) is 0 Å². The largest absolute Gasteiger partial charge is 0.379 e. The highest BCUT2D eigenvalue weighted by molar-refractivity contribution is 4.55. The monoisotopic (exact) mass is 160 g/mol. The third kappa shape index (κ3) is 7.86. The topological polar surface area (TPSA) is 9.23 Å². The maximum Gasteiger partial charge on any atom is 0.0547 e. The normalized spacial score (nSPS) is 23.7. The van der Waals surface area contributed by atoms with Crippen molar-refractivity contribution >= 4 is 0 Å². The molecule has 1 saturated heterocycles. The number of hydrogen-bond acceptors (Lipinski definition) is 1. The molecular weight excluding hydrogens is 136 g/mol. The summed E-state index contributed by atoms with van der Waals surface area (Å²) in [5.41, 5.74) is 0. The lowest BCUT2D eigenvalue weighted by Crippen LogP contribution is -2.04. The molecule has 1 aliphatic heterocycles. The molecular formula is C10H24O. The van der Waals surface area contributed by atoms with E-state index >= 15 is 0 Å². The van der Waals surface area contributed by atoms with Gasteiger partial charge in [-0.1, -0.05) is 34.1 Å². The third-order valence-electron chi connectivity index (χ3n) is 1.66. The molecule has 0 aromatic rings. The van der Waals surface area contributed by atoms with Crippen LogP contribution < -0.4 is 0 Å². The lowest BCUT2D eigenvalue weighted by molar-refractivity contribution is 0.0722. The van der Waals surface area contributed by atoms with Crippen molar-refractivity contribution in [1.29, 1.82) is 0 Å². The van der Waals surface area contributed by atoms with Crippen molar-refractivity contribution in [2.45, 2.75) is 60.0 Å². The Hall–Kier alpha value is -0.0400. The first-order valence-electron chi connectivity index (χ1n) is 4.51. The van der Waals surface area contributed by atoms with Crippen LogP contribution in [-0.2, 0) is 4.74 Å². The van der Waals surface area contributed by atoms with Crippen molar-refractivity contribution in [2.75, 3.05) is 6.61 Å². The van der Waals surface area contributed by atoms with Gasteiger partial charge in [-0.15, -0.1) is 0 Å². The summed E-state index contributed by atoms with van der Waals surface area (Å²) < 4.78 is 5.40. The fourth-order valence-electron chi connectivity index (χ4n) is 1.08. The Kier molecular flexibility index (Phi) is 12.3. The zero-order valence-corrected chi connectivity index (χ0v) is 7.52. The van der Waals surface area contributed by atoms with Crippen LogP contribution in [0, 0.1) is 0 Å². The summed E-state index contributed by atoms with van der Waals surface area (Å²) >= 11 is 0. The van der Waals surface area contributed by atoms with Gasteiger partial charge < -0.3 is 4.74 Å². The quantitative estimate of drug-likeness (QED) is 0.526. The molecule has 0 radical (unpaired) electrons. The van der Waals surface area contributed by atoms with Crippen LogP contribution in [0.15, 0.2) is 0 Å². The molecule has 0 saturated carbocycles. The molecule has 11 heavy (non-hydrogen) atoms. The van der Waals surface area contributed by atoms with E-state index in [2.05, 4.69) is 6.92 Å². The van der Waals surface area contributed by atoms with E-state index < -0.39 is 0 Å². The molecule has 0 aromatic heterocycles. The van der Waals surface area contributed by atoms with Gasteiger partial charge in [-0.25, -0.2) is 0 Å². The molecule has 0 aromatic carbocycles. The number of hydrogen-bond donors (Lipinski definition) is 0. The van der Waals surface area contributed by atoms with Gasteiger partial charge >= 0.3 is 0 Å². The molecule has 1 aliphatic rings. The Bertz CT molecular complexity index is 53.9. The molecule has 0 spiro atoms. The average Bonchev–Trinajstić information content (AvgIpc) is 2.21. The summed E-state index contributed by atoms with van der Waals surface area (Å²) in [5.74, 6) is 0. The zero-order chi connectivity index (χ0) is 7.82. The standard InChI is InChI=1S/C7H14O.C2H6.CH4/c1-7-5-3-2-4-6-8-7;1-2;/h7H,2-6H2,1H3;1-2H3;1H4. The van der Waals surface area contributed by atoms with Gasteiger partial charge in [0.2, 0.25) is 0 Å². The lowest BCUT2D eigenvalue weighted by Gasteiger charge is -2.05. The van der Waals surface area contributed by atoms with Crippen molar-refractivity contribution in [1.82, 2.24) is 0 Å². The summed E-state index contributed by atoms with van der Waals surface area (Å²) in [4.78, 5) is 0. The second-order valence-corrected chi connectivity index (χ2v) is 2.53. The molecule has 1 unspecified atom stereocenters. The first-order valence-corrected chi connectivity index (χ1v) is 4.51. The van der Waals surface area contributed by atoms with E-state index in [1.807, 2.05) is 13.8 Å². The predicted molar refractivity (Wildman–Crippen MR) is 52.0 cm³/mol. The van der Waals surface area contributed by atoms with E-state index in [1.54, 1.807) is 0 Å². The van der Waals surface area contributed by atoms with Crippen LogP contribution in [0.4, 0.5) is 0 Å². The highest BCUT2D eigenvalue weighted by Gasteiger charge is 2.04. The van der Waals surface area contributed by atoms with E-state index in [9.17, 15) is 0 Å². The summed E-state index contributed by atoms with van der Waals surface area (Å²) in [6.07, 6.45) is 5.79. The molecule has 1 heterocycles. The third-order valence-corrected chi connectivity index (χ3v) is 1.66. The maximum atomic E-state index is 5.40. The number of ether oxygens (including phenoxy) is 1. The highest BCUT2D eigenvalue weighted by Crippen LogP contribution is 2.11. The zero-order valence-electron chi connectivity index (χ0n) is 7.52. The van der Waals surface area contributed by atoms with Gasteiger partial charge in [0.1, 0.15) is 0 Å². The molecule has 0 amide bonds. The van der Waals surface area contributed by atoms with E-state index in [-0.39, 0.29) is 7.43 Å². The Morgan fingerprint density at radius 1 is 1.09 bits per heavy atom. The van der Waals surface area contributed by atoms with Crippen LogP contribution in [-0.4, -0.2) is 12.7 Å². The van der Waals surface area contributed by atoms with Crippen molar-refractivity contribution < 1.29 is 4.74 Å². The van der Waals surface area contributed by atoms with Gasteiger partial charge in [0.15, 0.2) is 0 Å². The summed E-state index contributed by atoms with van der Waals surface area (Å²) in [6.45, 7) is 7.15. The smallest absolute Gasteiger partial charge is 0.0547 e. The second-order valence-electron chi connectivity index (χ2n) is 2.53. The highest BCUT2D eigenvalue weighted by atomic mass is 16.5. The van der Waals surface area contributed by atoms with E-state index in [0.717, 1.165) is 6.61 Å². The van der Waals surface area contributed by atoms with Gasteiger partial charge in [-0.2, -0.15) is 0 Å². The minimum atomic E-state index is 0. The Labute approximate surface area is 72.1 Å². The SMILES string of the molecule is C.CC.CC1CCCCCO1. The van der Waals surface area contributed by atoms with Crippen LogP contribution >= 0.6 is 0 Å². The molecule has 0 aliphatic carbocycles. The van der Waals surface area contributed by atoms with Crippen LogP contribution in [0.5, 0.6) is 0 Å². The summed E-state index contributed by atoms with van der Waals surface area (Å²) in [7, 11) is 0. The summed E-state index contributed by atoms with van der Waals surface area (Å²) in [6, 6.07) is 0. The molecule has 1 nitrogen and oxygen atoms in total. The molecule has 1 rings (SSSR count). The van der Waals surface area contributed by atoms with Crippen LogP contribution in [0.2, 0.25) is 0 Å². The van der Waals surface area contributed by atoms with Gasteiger partial charge in [0.25, 0.3) is 0 Å². The van der Waals surface area contributed by atoms with Gasteiger partial charge in [0.05, 0.1) is 6.10 Å². The predicted octanol–water partition coefficient (Wildman–Crippen LogP) is 3.63. The minimum Gasteiger partial charge on any atom is -0.379 e. The minimum absolute atomic E-state index is 0. The fraction of sp³-hybridized carbons (Fsp3) is 1.00. The lowest BCUT2D eigenvalue weighted by atomic mass is 10.2. The molecule has 1 atom stereocenters. The fourth-order valence-corrected chi connectivity index (χ4v) is 1.08. The Balaban J connectivity index is 0. The summed E-state index contributed by atoms with van der Waals surface area (Å²) in [5, 5.41) is 0. The molecule has 1 fully saturated rings. The molecule has 1 heteroatoms. The van der Waals surface area contributed by atoms with Crippen molar-refractivity contribution in [3.05, 3.63) is 0 Å². The second kappa shape index (κ2) is 9.96. The van der Waals surface area contributed by atoms with Gasteiger partial charge in [-0.3, -0.25) is 0 Å². The van der Waals surface area contributed by atoms with Gasteiger partial charge in [0, 0.05) is 6.61 Å².